The fourth-order valence-corrected chi connectivity index (χ4v) is 2.38. The van der Waals surface area contributed by atoms with E-state index < -0.39 is 0 Å². The molecule has 0 fully saturated rings. The third kappa shape index (κ3) is 2.56. The number of fused-ring (bicyclic) bond motifs is 1. The Kier molecular flexibility index (Phi) is 3.13. The van der Waals surface area contributed by atoms with Crippen LogP contribution in [-0.2, 0) is 13.6 Å². The molecule has 0 atom stereocenters. The number of pyridine rings is 1. The molecule has 4 heteroatoms. The van der Waals surface area contributed by atoms with Gasteiger partial charge in [0.25, 0.3) is 0 Å². The number of nitrogens with one attached hydrogen (secondary N) is 1. The fraction of sp³-hybridized carbons (Fsp3) is 0.133. The molecule has 3 aromatic rings. The normalized spacial score (nSPS) is 10.8. The standard InChI is InChI=1S/C15H14ClN3/c1-19-6-4-11(10-19)9-18-14-8-13(16)7-12-3-2-5-17-15(12)14/h2-8,10,18H,9H2,1H3. The Morgan fingerprint density at radius 2 is 2.21 bits per heavy atom. The van der Waals surface area contributed by atoms with Gasteiger partial charge in [0.05, 0.1) is 11.2 Å². The third-order valence-electron chi connectivity index (χ3n) is 3.05. The Bertz CT molecular complexity index is 718. The van der Waals surface area contributed by atoms with Gasteiger partial charge in [0.15, 0.2) is 0 Å². The first-order valence-corrected chi connectivity index (χ1v) is 6.49. The summed E-state index contributed by atoms with van der Waals surface area (Å²) in [6, 6.07) is 9.87. The first-order chi connectivity index (χ1) is 9.22. The average molecular weight is 272 g/mol. The monoisotopic (exact) mass is 271 g/mol. The van der Waals surface area contributed by atoms with Gasteiger partial charge in [-0.25, -0.2) is 0 Å². The van der Waals surface area contributed by atoms with Crippen molar-refractivity contribution < 1.29 is 0 Å². The highest BCUT2D eigenvalue weighted by Crippen LogP contribution is 2.26. The molecule has 3 rings (SSSR count). The van der Waals surface area contributed by atoms with Crippen LogP contribution in [0.1, 0.15) is 5.56 Å². The molecule has 1 aromatic carbocycles. The van der Waals surface area contributed by atoms with Gasteiger partial charge in [-0.2, -0.15) is 0 Å². The van der Waals surface area contributed by atoms with Crippen molar-refractivity contribution in [2.45, 2.75) is 6.54 Å². The number of hydrogen-bond donors (Lipinski definition) is 1. The largest absolute Gasteiger partial charge is 0.379 e. The number of halogens is 1. The molecule has 19 heavy (non-hydrogen) atoms. The first-order valence-electron chi connectivity index (χ1n) is 6.11. The van der Waals surface area contributed by atoms with Crippen molar-refractivity contribution in [1.82, 2.24) is 9.55 Å². The molecule has 96 valence electrons. The second-order valence-electron chi connectivity index (χ2n) is 4.57. The minimum absolute atomic E-state index is 0.719. The Morgan fingerprint density at radius 3 is 3.00 bits per heavy atom. The summed E-state index contributed by atoms with van der Waals surface area (Å²) in [6.45, 7) is 0.757. The molecule has 3 nitrogen and oxygen atoms in total. The molecule has 0 bridgehead atoms. The number of hydrogen-bond acceptors (Lipinski definition) is 2. The highest BCUT2D eigenvalue weighted by molar-refractivity contribution is 6.31. The van der Waals surface area contributed by atoms with Crippen molar-refractivity contribution in [1.29, 1.82) is 0 Å². The van der Waals surface area contributed by atoms with Crippen LogP contribution in [-0.4, -0.2) is 9.55 Å². The summed E-state index contributed by atoms with van der Waals surface area (Å²) in [5.41, 5.74) is 3.14. The number of rotatable bonds is 3. The van der Waals surface area contributed by atoms with Gasteiger partial charge in [-0.05, 0) is 29.8 Å². The lowest BCUT2D eigenvalue weighted by Crippen LogP contribution is -2.00. The number of aryl methyl sites for hydroxylation is 1. The van der Waals surface area contributed by atoms with Crippen LogP contribution in [0.4, 0.5) is 5.69 Å². The highest BCUT2D eigenvalue weighted by atomic mass is 35.5. The van der Waals surface area contributed by atoms with E-state index in [1.807, 2.05) is 42.1 Å². The van der Waals surface area contributed by atoms with Crippen LogP contribution in [0.3, 0.4) is 0 Å². The molecule has 0 aliphatic heterocycles. The molecule has 0 saturated heterocycles. The molecule has 1 N–H and O–H groups in total. The molecule has 0 aliphatic rings. The molecule has 0 radical (unpaired) electrons. The maximum absolute atomic E-state index is 6.14. The van der Waals surface area contributed by atoms with E-state index >= 15 is 0 Å². The zero-order valence-corrected chi connectivity index (χ0v) is 11.4. The van der Waals surface area contributed by atoms with Crippen molar-refractivity contribution in [2.24, 2.45) is 7.05 Å². The lowest BCUT2D eigenvalue weighted by Gasteiger charge is -2.09. The van der Waals surface area contributed by atoms with Crippen molar-refractivity contribution in [2.75, 3.05) is 5.32 Å². The summed E-state index contributed by atoms with van der Waals surface area (Å²) in [5, 5.41) is 5.16. The molecule has 0 aliphatic carbocycles. The Hall–Kier alpha value is -2.00. The van der Waals surface area contributed by atoms with E-state index in [0.717, 1.165) is 28.2 Å². The van der Waals surface area contributed by atoms with Crippen LogP contribution >= 0.6 is 11.6 Å². The maximum atomic E-state index is 6.14. The summed E-state index contributed by atoms with van der Waals surface area (Å²) in [6.07, 6.45) is 5.92. The van der Waals surface area contributed by atoms with Gasteiger partial charge in [0.1, 0.15) is 0 Å². The lowest BCUT2D eigenvalue weighted by atomic mass is 10.2. The lowest BCUT2D eigenvalue weighted by molar-refractivity contribution is 0.920. The van der Waals surface area contributed by atoms with Crippen LogP contribution in [0.25, 0.3) is 10.9 Å². The van der Waals surface area contributed by atoms with E-state index in [1.54, 1.807) is 6.20 Å². The highest BCUT2D eigenvalue weighted by Gasteiger charge is 2.04. The minimum atomic E-state index is 0.719. The topological polar surface area (TPSA) is 29.9 Å². The summed E-state index contributed by atoms with van der Waals surface area (Å²) >= 11 is 6.14. The van der Waals surface area contributed by atoms with Gasteiger partial charge in [-0.1, -0.05) is 17.7 Å². The SMILES string of the molecule is Cn1ccc(CNc2cc(Cl)cc3cccnc23)c1. The molecule has 0 spiro atoms. The number of benzene rings is 1. The van der Waals surface area contributed by atoms with Crippen LogP contribution in [0, 0.1) is 0 Å². The van der Waals surface area contributed by atoms with E-state index in [2.05, 4.69) is 22.6 Å². The zero-order chi connectivity index (χ0) is 13.2. The van der Waals surface area contributed by atoms with Crippen LogP contribution in [0.2, 0.25) is 5.02 Å². The quantitative estimate of drug-likeness (QED) is 0.784. The van der Waals surface area contributed by atoms with Gasteiger partial charge in [0, 0.05) is 42.6 Å². The Balaban J connectivity index is 1.91. The van der Waals surface area contributed by atoms with Gasteiger partial charge in [-0.3, -0.25) is 4.98 Å². The van der Waals surface area contributed by atoms with Gasteiger partial charge >= 0.3 is 0 Å². The van der Waals surface area contributed by atoms with E-state index in [4.69, 9.17) is 11.6 Å². The summed E-state index contributed by atoms with van der Waals surface area (Å²) < 4.78 is 2.03. The van der Waals surface area contributed by atoms with Crippen LogP contribution < -0.4 is 5.32 Å². The molecule has 2 aromatic heterocycles. The smallest absolute Gasteiger partial charge is 0.0934 e. The van der Waals surface area contributed by atoms with Gasteiger partial charge in [-0.15, -0.1) is 0 Å². The second-order valence-corrected chi connectivity index (χ2v) is 5.00. The molecule has 2 heterocycles. The molecule has 0 amide bonds. The predicted molar refractivity (Wildman–Crippen MR) is 79.5 cm³/mol. The summed E-state index contributed by atoms with van der Waals surface area (Å²) in [4.78, 5) is 4.41. The first kappa shape index (κ1) is 12.1. The number of nitrogens with zero attached hydrogens (tertiary/aromatic N) is 2. The van der Waals surface area contributed by atoms with Gasteiger partial charge in [0.2, 0.25) is 0 Å². The molecular formula is C15H14ClN3. The second kappa shape index (κ2) is 4.94. The molecule has 0 unspecified atom stereocenters. The van der Waals surface area contributed by atoms with Crippen molar-refractivity contribution in [3.8, 4) is 0 Å². The third-order valence-corrected chi connectivity index (χ3v) is 3.26. The van der Waals surface area contributed by atoms with Crippen molar-refractivity contribution in [3.05, 3.63) is 59.5 Å². The molecular weight excluding hydrogens is 258 g/mol. The Morgan fingerprint density at radius 1 is 1.32 bits per heavy atom. The predicted octanol–water partition coefficient (Wildman–Crippen LogP) is 3.84. The van der Waals surface area contributed by atoms with Crippen LogP contribution in [0.15, 0.2) is 48.9 Å². The van der Waals surface area contributed by atoms with Crippen molar-refractivity contribution >= 4 is 28.2 Å². The number of aromatic nitrogens is 2. The Labute approximate surface area is 116 Å². The van der Waals surface area contributed by atoms with E-state index in [0.29, 0.717) is 0 Å². The van der Waals surface area contributed by atoms with E-state index in [1.165, 1.54) is 5.56 Å². The van der Waals surface area contributed by atoms with Gasteiger partial charge < -0.3 is 9.88 Å². The van der Waals surface area contributed by atoms with Crippen molar-refractivity contribution in [3.63, 3.8) is 0 Å². The summed E-state index contributed by atoms with van der Waals surface area (Å²) in [7, 11) is 2.01. The van der Waals surface area contributed by atoms with E-state index in [9.17, 15) is 0 Å². The number of anilines is 1. The minimum Gasteiger partial charge on any atom is -0.379 e. The van der Waals surface area contributed by atoms with Crippen LogP contribution in [0.5, 0.6) is 0 Å². The zero-order valence-electron chi connectivity index (χ0n) is 10.6. The fourth-order valence-electron chi connectivity index (χ4n) is 2.15. The molecule has 0 saturated carbocycles. The van der Waals surface area contributed by atoms with E-state index in [-0.39, 0.29) is 0 Å². The average Bonchev–Trinajstić information content (AvgIpc) is 2.81. The maximum Gasteiger partial charge on any atom is 0.0934 e. The summed E-state index contributed by atoms with van der Waals surface area (Å²) in [5.74, 6) is 0.